The number of benzene rings is 1. The first-order chi connectivity index (χ1) is 8.86. The van der Waals surface area contributed by atoms with Gasteiger partial charge >= 0.3 is 0 Å². The van der Waals surface area contributed by atoms with E-state index in [-0.39, 0.29) is 5.54 Å². The number of rotatable bonds is 2. The molecule has 19 heavy (non-hydrogen) atoms. The van der Waals surface area contributed by atoms with Crippen molar-refractivity contribution in [2.75, 3.05) is 31.9 Å². The van der Waals surface area contributed by atoms with E-state index in [4.69, 9.17) is 5.73 Å². The van der Waals surface area contributed by atoms with Crippen LogP contribution in [0.1, 0.15) is 26.3 Å². The largest absolute Gasteiger partial charge is 0.399 e. The summed E-state index contributed by atoms with van der Waals surface area (Å²) in [5.41, 5.74) is 8.27. The fraction of sp³-hybridized carbons (Fsp3) is 0.600. The fourth-order valence-corrected chi connectivity index (χ4v) is 2.91. The predicted octanol–water partition coefficient (Wildman–Crippen LogP) is 2.95. The molecule has 1 aromatic carbocycles. The molecule has 106 valence electrons. The molecule has 0 saturated carbocycles. The molecule has 4 heteroatoms. The Hall–Kier alpha value is -0.580. The third kappa shape index (κ3) is 3.94. The number of nitrogen functional groups attached to an aromatic ring is 1. The van der Waals surface area contributed by atoms with Crippen molar-refractivity contribution in [3.8, 4) is 0 Å². The van der Waals surface area contributed by atoms with Crippen LogP contribution in [0.2, 0.25) is 0 Å². The maximum absolute atomic E-state index is 5.86. The Balaban J connectivity index is 1.94. The molecule has 3 nitrogen and oxygen atoms in total. The van der Waals surface area contributed by atoms with Gasteiger partial charge in [0.15, 0.2) is 0 Å². The molecular formula is C15H24BrN3. The highest BCUT2D eigenvalue weighted by atomic mass is 79.9. The minimum Gasteiger partial charge on any atom is -0.399 e. The van der Waals surface area contributed by atoms with Crippen LogP contribution in [-0.2, 0) is 6.54 Å². The van der Waals surface area contributed by atoms with Crippen LogP contribution in [-0.4, -0.2) is 41.5 Å². The van der Waals surface area contributed by atoms with Gasteiger partial charge in [0, 0.05) is 48.4 Å². The lowest BCUT2D eigenvalue weighted by molar-refractivity contribution is 0.0590. The molecule has 1 fully saturated rings. The van der Waals surface area contributed by atoms with Gasteiger partial charge in [0.05, 0.1) is 0 Å². The van der Waals surface area contributed by atoms with Gasteiger partial charge in [0.25, 0.3) is 0 Å². The van der Waals surface area contributed by atoms with Gasteiger partial charge in [-0.05, 0) is 44.5 Å². The van der Waals surface area contributed by atoms with Gasteiger partial charge in [-0.3, -0.25) is 9.80 Å². The van der Waals surface area contributed by atoms with E-state index in [1.54, 1.807) is 0 Å². The highest BCUT2D eigenvalue weighted by molar-refractivity contribution is 9.10. The Kier molecular flexibility index (Phi) is 4.54. The van der Waals surface area contributed by atoms with Crippen molar-refractivity contribution in [2.24, 2.45) is 0 Å². The molecule has 1 aliphatic rings. The Morgan fingerprint density at radius 3 is 2.37 bits per heavy atom. The third-order valence-corrected chi connectivity index (χ3v) is 4.56. The zero-order valence-electron chi connectivity index (χ0n) is 12.1. The van der Waals surface area contributed by atoms with E-state index in [0.717, 1.165) is 42.9 Å². The topological polar surface area (TPSA) is 32.5 Å². The fourth-order valence-electron chi connectivity index (χ4n) is 2.53. The average Bonchev–Trinajstić information content (AvgIpc) is 2.33. The van der Waals surface area contributed by atoms with Crippen LogP contribution in [0.3, 0.4) is 0 Å². The van der Waals surface area contributed by atoms with E-state index in [2.05, 4.69) is 52.6 Å². The summed E-state index contributed by atoms with van der Waals surface area (Å²) in [6.07, 6.45) is 0. The van der Waals surface area contributed by atoms with Crippen molar-refractivity contribution in [2.45, 2.75) is 32.9 Å². The molecule has 1 saturated heterocycles. The summed E-state index contributed by atoms with van der Waals surface area (Å²) >= 11 is 3.61. The summed E-state index contributed by atoms with van der Waals surface area (Å²) < 4.78 is 1.15. The zero-order chi connectivity index (χ0) is 14.0. The molecule has 0 radical (unpaired) electrons. The van der Waals surface area contributed by atoms with E-state index in [1.165, 1.54) is 5.56 Å². The Morgan fingerprint density at radius 2 is 1.79 bits per heavy atom. The van der Waals surface area contributed by atoms with E-state index in [0.29, 0.717) is 0 Å². The van der Waals surface area contributed by atoms with Crippen LogP contribution < -0.4 is 5.73 Å². The minimum atomic E-state index is 0.282. The first-order valence-electron chi connectivity index (χ1n) is 6.87. The second-order valence-electron chi connectivity index (χ2n) is 6.28. The molecule has 0 spiro atoms. The van der Waals surface area contributed by atoms with Crippen LogP contribution in [0.15, 0.2) is 22.7 Å². The summed E-state index contributed by atoms with van der Waals surface area (Å²) in [5, 5.41) is 0. The summed E-state index contributed by atoms with van der Waals surface area (Å²) in [6, 6.07) is 6.04. The van der Waals surface area contributed by atoms with Gasteiger partial charge in [-0.1, -0.05) is 15.9 Å². The van der Waals surface area contributed by atoms with Gasteiger partial charge < -0.3 is 5.73 Å². The molecule has 2 N–H and O–H groups in total. The predicted molar refractivity (Wildman–Crippen MR) is 85.2 cm³/mol. The number of piperazine rings is 1. The zero-order valence-corrected chi connectivity index (χ0v) is 13.7. The molecule has 1 heterocycles. The number of nitrogens with zero attached hydrogens (tertiary/aromatic N) is 2. The highest BCUT2D eigenvalue weighted by Gasteiger charge is 2.25. The van der Waals surface area contributed by atoms with E-state index in [9.17, 15) is 0 Å². The first-order valence-corrected chi connectivity index (χ1v) is 7.67. The van der Waals surface area contributed by atoms with E-state index >= 15 is 0 Å². The van der Waals surface area contributed by atoms with Gasteiger partial charge in [-0.25, -0.2) is 0 Å². The molecular weight excluding hydrogens is 302 g/mol. The Bertz CT molecular complexity index is 432. The van der Waals surface area contributed by atoms with Gasteiger partial charge in [-0.15, -0.1) is 0 Å². The molecule has 0 atom stereocenters. The lowest BCUT2D eigenvalue weighted by atomic mass is 10.0. The molecule has 1 aromatic rings. The molecule has 1 aliphatic heterocycles. The van der Waals surface area contributed by atoms with Crippen molar-refractivity contribution in [3.63, 3.8) is 0 Å². The van der Waals surface area contributed by atoms with Crippen LogP contribution in [0, 0.1) is 0 Å². The third-order valence-electron chi connectivity index (χ3n) is 3.78. The molecule has 0 unspecified atom stereocenters. The standard InChI is InChI=1S/C15H24BrN3/c1-15(2,3)19-8-6-18(7-9-19)11-12-10-13(17)4-5-14(12)16/h4-5,10H,6-9,11,17H2,1-3H3. The van der Waals surface area contributed by atoms with Crippen LogP contribution in [0.4, 0.5) is 5.69 Å². The molecule has 0 aromatic heterocycles. The lowest BCUT2D eigenvalue weighted by Crippen LogP contribution is -2.53. The summed E-state index contributed by atoms with van der Waals surface area (Å²) in [7, 11) is 0. The normalized spacial score (nSPS) is 18.7. The van der Waals surface area contributed by atoms with Crippen LogP contribution in [0.25, 0.3) is 0 Å². The number of halogens is 1. The van der Waals surface area contributed by atoms with Crippen molar-refractivity contribution >= 4 is 21.6 Å². The smallest absolute Gasteiger partial charge is 0.0318 e. The van der Waals surface area contributed by atoms with E-state index in [1.807, 2.05) is 12.1 Å². The number of hydrogen-bond donors (Lipinski definition) is 1. The molecule has 0 aliphatic carbocycles. The highest BCUT2D eigenvalue weighted by Crippen LogP contribution is 2.23. The Morgan fingerprint density at radius 1 is 1.16 bits per heavy atom. The number of nitrogens with two attached hydrogens (primary N) is 1. The second-order valence-corrected chi connectivity index (χ2v) is 7.14. The van der Waals surface area contributed by atoms with Crippen LogP contribution >= 0.6 is 15.9 Å². The Labute approximate surface area is 124 Å². The molecule has 0 amide bonds. The SMILES string of the molecule is CC(C)(C)N1CCN(Cc2cc(N)ccc2Br)CC1. The monoisotopic (exact) mass is 325 g/mol. The summed E-state index contributed by atoms with van der Waals surface area (Å²) in [4.78, 5) is 5.06. The van der Waals surface area contributed by atoms with Crippen molar-refractivity contribution in [1.82, 2.24) is 9.80 Å². The quantitative estimate of drug-likeness (QED) is 0.848. The molecule has 2 rings (SSSR count). The van der Waals surface area contributed by atoms with Gasteiger partial charge in [0.1, 0.15) is 0 Å². The van der Waals surface area contributed by atoms with Crippen molar-refractivity contribution in [1.29, 1.82) is 0 Å². The van der Waals surface area contributed by atoms with Gasteiger partial charge in [0.2, 0.25) is 0 Å². The lowest BCUT2D eigenvalue weighted by Gasteiger charge is -2.42. The summed E-state index contributed by atoms with van der Waals surface area (Å²) in [6.45, 7) is 12.4. The summed E-state index contributed by atoms with van der Waals surface area (Å²) in [5.74, 6) is 0. The maximum atomic E-state index is 5.86. The van der Waals surface area contributed by atoms with Crippen molar-refractivity contribution in [3.05, 3.63) is 28.2 Å². The van der Waals surface area contributed by atoms with Crippen LogP contribution in [0.5, 0.6) is 0 Å². The van der Waals surface area contributed by atoms with E-state index < -0.39 is 0 Å². The first kappa shape index (κ1) is 14.8. The number of anilines is 1. The second kappa shape index (κ2) is 5.81. The minimum absolute atomic E-state index is 0.282. The number of hydrogen-bond acceptors (Lipinski definition) is 3. The van der Waals surface area contributed by atoms with Gasteiger partial charge in [-0.2, -0.15) is 0 Å². The maximum Gasteiger partial charge on any atom is 0.0318 e. The van der Waals surface area contributed by atoms with Crippen molar-refractivity contribution < 1.29 is 0 Å². The molecule has 0 bridgehead atoms. The average molecular weight is 326 g/mol.